The number of rotatable bonds is 5. The van der Waals surface area contributed by atoms with E-state index in [2.05, 4.69) is 10.0 Å². The molecule has 0 saturated heterocycles. The largest absolute Gasteiger partial charge is 0.399 e. The molecule has 1 amide bonds. The van der Waals surface area contributed by atoms with Crippen molar-refractivity contribution in [2.75, 3.05) is 25.1 Å². The first-order valence-corrected chi connectivity index (χ1v) is 6.65. The Balaban J connectivity index is 2.51. The van der Waals surface area contributed by atoms with E-state index in [-0.39, 0.29) is 18.2 Å². The van der Waals surface area contributed by atoms with Crippen molar-refractivity contribution in [2.45, 2.75) is 0 Å². The maximum atomic E-state index is 11.6. The maximum Gasteiger partial charge on any atom is 0.251 e. The first-order valence-electron chi connectivity index (χ1n) is 4.99. The summed E-state index contributed by atoms with van der Waals surface area (Å²) >= 11 is 0. The van der Waals surface area contributed by atoms with Gasteiger partial charge >= 0.3 is 0 Å². The van der Waals surface area contributed by atoms with Crippen molar-refractivity contribution in [3.63, 3.8) is 0 Å². The van der Waals surface area contributed by atoms with Crippen molar-refractivity contribution in [2.24, 2.45) is 0 Å². The third-order valence-corrected chi connectivity index (χ3v) is 3.48. The van der Waals surface area contributed by atoms with Crippen molar-refractivity contribution < 1.29 is 13.2 Å². The van der Waals surface area contributed by atoms with Crippen LogP contribution in [0, 0.1) is 0 Å². The Labute approximate surface area is 100 Å². The van der Waals surface area contributed by atoms with Gasteiger partial charge in [-0.15, -0.1) is 0 Å². The van der Waals surface area contributed by atoms with Gasteiger partial charge in [0.05, 0.1) is 5.75 Å². The zero-order valence-corrected chi connectivity index (χ0v) is 10.3. The average molecular weight is 257 g/mol. The molecule has 0 radical (unpaired) electrons. The van der Waals surface area contributed by atoms with Crippen LogP contribution in [0.5, 0.6) is 0 Å². The molecule has 0 fully saturated rings. The topological polar surface area (TPSA) is 101 Å². The molecule has 0 saturated carbocycles. The monoisotopic (exact) mass is 257 g/mol. The highest BCUT2D eigenvalue weighted by Gasteiger charge is 2.09. The lowest BCUT2D eigenvalue weighted by Crippen LogP contribution is -2.32. The van der Waals surface area contributed by atoms with Gasteiger partial charge in [-0.05, 0) is 25.2 Å². The second-order valence-electron chi connectivity index (χ2n) is 3.40. The smallest absolute Gasteiger partial charge is 0.251 e. The molecule has 0 aliphatic carbocycles. The minimum Gasteiger partial charge on any atom is -0.399 e. The molecule has 0 heterocycles. The summed E-state index contributed by atoms with van der Waals surface area (Å²) in [5.41, 5.74) is 6.43. The molecule has 94 valence electrons. The van der Waals surface area contributed by atoms with Gasteiger partial charge in [0.2, 0.25) is 10.0 Å². The number of amides is 1. The van der Waals surface area contributed by atoms with Crippen LogP contribution in [0.2, 0.25) is 0 Å². The molecular weight excluding hydrogens is 242 g/mol. The zero-order chi connectivity index (χ0) is 12.9. The molecule has 0 atom stereocenters. The Bertz CT molecular complexity index is 499. The number of nitrogens with two attached hydrogens (primary N) is 1. The van der Waals surface area contributed by atoms with E-state index in [0.717, 1.165) is 0 Å². The van der Waals surface area contributed by atoms with Crippen molar-refractivity contribution in [3.05, 3.63) is 29.8 Å². The SMILES string of the molecule is CNS(=O)(=O)CCNC(=O)c1cccc(N)c1. The van der Waals surface area contributed by atoms with Gasteiger partial charge in [0.15, 0.2) is 0 Å². The van der Waals surface area contributed by atoms with Crippen LogP contribution in [-0.2, 0) is 10.0 Å². The average Bonchev–Trinajstić information content (AvgIpc) is 2.28. The van der Waals surface area contributed by atoms with Crippen molar-refractivity contribution in [3.8, 4) is 0 Å². The predicted octanol–water partition coefficient (Wildman–Crippen LogP) is -0.452. The number of nitrogens with one attached hydrogen (secondary N) is 2. The molecule has 1 rings (SSSR count). The van der Waals surface area contributed by atoms with Crippen molar-refractivity contribution >= 4 is 21.6 Å². The highest BCUT2D eigenvalue weighted by molar-refractivity contribution is 7.89. The summed E-state index contributed by atoms with van der Waals surface area (Å²) in [7, 11) is -1.97. The van der Waals surface area contributed by atoms with E-state index in [1.807, 2.05) is 0 Å². The summed E-state index contributed by atoms with van der Waals surface area (Å²) in [6.45, 7) is 0.0524. The van der Waals surface area contributed by atoms with Crippen LogP contribution in [0.4, 0.5) is 5.69 Å². The van der Waals surface area contributed by atoms with Crippen LogP contribution in [0.25, 0.3) is 0 Å². The van der Waals surface area contributed by atoms with Gasteiger partial charge in [0, 0.05) is 17.8 Å². The van der Waals surface area contributed by atoms with E-state index in [1.54, 1.807) is 18.2 Å². The molecule has 0 spiro atoms. The Morgan fingerprint density at radius 3 is 2.71 bits per heavy atom. The van der Waals surface area contributed by atoms with E-state index in [4.69, 9.17) is 5.73 Å². The normalized spacial score (nSPS) is 11.1. The van der Waals surface area contributed by atoms with Gasteiger partial charge in [0.1, 0.15) is 0 Å². The Morgan fingerprint density at radius 1 is 1.41 bits per heavy atom. The van der Waals surface area contributed by atoms with Crippen LogP contribution in [0.1, 0.15) is 10.4 Å². The fourth-order valence-electron chi connectivity index (χ4n) is 1.18. The molecule has 6 nitrogen and oxygen atoms in total. The first kappa shape index (κ1) is 13.5. The number of hydrogen-bond acceptors (Lipinski definition) is 4. The molecule has 0 aliphatic heterocycles. The van der Waals surface area contributed by atoms with Gasteiger partial charge in [0.25, 0.3) is 5.91 Å². The maximum absolute atomic E-state index is 11.6. The van der Waals surface area contributed by atoms with E-state index in [9.17, 15) is 13.2 Å². The molecule has 0 unspecified atom stereocenters. The van der Waals surface area contributed by atoms with Crippen LogP contribution in [-0.4, -0.2) is 33.7 Å². The first-order chi connectivity index (χ1) is 7.94. The fraction of sp³-hybridized carbons (Fsp3) is 0.300. The van der Waals surface area contributed by atoms with Crippen LogP contribution >= 0.6 is 0 Å². The summed E-state index contributed by atoms with van der Waals surface area (Å²) in [4.78, 5) is 11.6. The summed E-state index contributed by atoms with van der Waals surface area (Å²) < 4.78 is 24.3. The number of benzene rings is 1. The molecule has 1 aromatic carbocycles. The van der Waals surface area contributed by atoms with Crippen LogP contribution < -0.4 is 15.8 Å². The number of carbonyl (C=O) groups is 1. The molecule has 7 heteroatoms. The number of anilines is 1. The third kappa shape index (κ3) is 4.41. The highest BCUT2D eigenvalue weighted by atomic mass is 32.2. The zero-order valence-electron chi connectivity index (χ0n) is 9.43. The molecule has 0 aliphatic rings. The molecular formula is C10H15N3O3S. The second kappa shape index (κ2) is 5.65. The van der Waals surface area contributed by atoms with E-state index in [0.29, 0.717) is 11.3 Å². The van der Waals surface area contributed by atoms with Gasteiger partial charge in [-0.1, -0.05) is 6.07 Å². The van der Waals surface area contributed by atoms with Gasteiger partial charge in [-0.3, -0.25) is 4.79 Å². The predicted molar refractivity (Wildman–Crippen MR) is 66.0 cm³/mol. The second-order valence-corrected chi connectivity index (χ2v) is 5.45. The van der Waals surface area contributed by atoms with E-state index >= 15 is 0 Å². The summed E-state index contributed by atoms with van der Waals surface area (Å²) in [6.07, 6.45) is 0. The molecule has 0 aromatic heterocycles. The van der Waals surface area contributed by atoms with E-state index < -0.39 is 10.0 Å². The Hall–Kier alpha value is -1.60. The summed E-state index contributed by atoms with van der Waals surface area (Å²) in [6, 6.07) is 6.47. The van der Waals surface area contributed by atoms with Crippen molar-refractivity contribution in [1.82, 2.24) is 10.0 Å². The lowest BCUT2D eigenvalue weighted by molar-refractivity contribution is 0.0956. The standard InChI is InChI=1S/C10H15N3O3S/c1-12-17(15,16)6-5-13-10(14)8-3-2-4-9(11)7-8/h2-4,7,12H,5-6,11H2,1H3,(H,13,14). The fourth-order valence-corrected chi connectivity index (χ4v) is 1.76. The number of sulfonamides is 1. The minimum atomic E-state index is -3.29. The molecule has 17 heavy (non-hydrogen) atoms. The number of hydrogen-bond donors (Lipinski definition) is 3. The summed E-state index contributed by atoms with van der Waals surface area (Å²) in [5.74, 6) is -0.499. The minimum absolute atomic E-state index is 0.0524. The third-order valence-electron chi connectivity index (χ3n) is 2.12. The van der Waals surface area contributed by atoms with Gasteiger partial charge in [-0.2, -0.15) is 0 Å². The molecule has 0 bridgehead atoms. The molecule has 1 aromatic rings. The van der Waals surface area contributed by atoms with Crippen molar-refractivity contribution in [1.29, 1.82) is 0 Å². The summed E-state index contributed by atoms with van der Waals surface area (Å²) in [5, 5.41) is 2.50. The number of nitrogen functional groups attached to an aromatic ring is 1. The lowest BCUT2D eigenvalue weighted by atomic mass is 10.2. The van der Waals surface area contributed by atoms with Gasteiger partial charge in [-0.25, -0.2) is 13.1 Å². The van der Waals surface area contributed by atoms with Crippen LogP contribution in [0.15, 0.2) is 24.3 Å². The Morgan fingerprint density at radius 2 is 2.12 bits per heavy atom. The highest BCUT2D eigenvalue weighted by Crippen LogP contribution is 2.05. The lowest BCUT2D eigenvalue weighted by Gasteiger charge is -2.06. The van der Waals surface area contributed by atoms with Gasteiger partial charge < -0.3 is 11.1 Å². The molecule has 4 N–H and O–H groups in total. The number of carbonyl (C=O) groups excluding carboxylic acids is 1. The Kier molecular flexibility index (Phi) is 4.47. The van der Waals surface area contributed by atoms with Crippen LogP contribution in [0.3, 0.4) is 0 Å². The quantitative estimate of drug-likeness (QED) is 0.622. The van der Waals surface area contributed by atoms with E-state index in [1.165, 1.54) is 13.1 Å².